The first-order valence-electron chi connectivity index (χ1n) is 8.40. The smallest absolute Gasteiger partial charge is 0.259 e. The topological polar surface area (TPSA) is 67.4 Å². The summed E-state index contributed by atoms with van der Waals surface area (Å²) in [5, 5.41) is 6.08. The second-order valence-corrected chi connectivity index (χ2v) is 6.97. The second-order valence-electron chi connectivity index (χ2n) is 6.53. The van der Waals surface area contributed by atoms with Crippen molar-refractivity contribution >= 4 is 29.1 Å². The van der Waals surface area contributed by atoms with Gasteiger partial charge in [-0.25, -0.2) is 0 Å². The van der Waals surface area contributed by atoms with Crippen LogP contribution >= 0.6 is 11.6 Å². The van der Waals surface area contributed by atoms with Crippen LogP contribution in [0.25, 0.3) is 0 Å². The van der Waals surface area contributed by atoms with E-state index in [0.29, 0.717) is 16.5 Å². The molecule has 6 heteroatoms. The predicted molar refractivity (Wildman–Crippen MR) is 104 cm³/mol. The van der Waals surface area contributed by atoms with Crippen LogP contribution in [0.15, 0.2) is 48.5 Å². The molecule has 0 aromatic heterocycles. The Morgan fingerprint density at radius 3 is 2.46 bits per heavy atom. The number of hydrogen-bond donors (Lipinski definition) is 2. The zero-order chi connectivity index (χ0) is 19.2. The van der Waals surface area contributed by atoms with Gasteiger partial charge in [0.1, 0.15) is 5.75 Å². The van der Waals surface area contributed by atoms with Crippen LogP contribution in [0.5, 0.6) is 5.75 Å². The molecule has 0 aliphatic carbocycles. The fourth-order valence-electron chi connectivity index (χ4n) is 2.17. The highest BCUT2D eigenvalue weighted by atomic mass is 35.5. The van der Waals surface area contributed by atoms with Gasteiger partial charge in [-0.3, -0.25) is 9.59 Å². The first-order valence-corrected chi connectivity index (χ1v) is 8.78. The van der Waals surface area contributed by atoms with E-state index in [0.717, 1.165) is 6.42 Å². The molecule has 0 atom stereocenters. The maximum atomic E-state index is 12.6. The maximum absolute atomic E-state index is 12.6. The molecular formula is C20H23ClN2O3. The zero-order valence-electron chi connectivity index (χ0n) is 15.1. The summed E-state index contributed by atoms with van der Waals surface area (Å²) in [6.07, 6.45) is 0.796. The number of amides is 2. The largest absolute Gasteiger partial charge is 0.483 e. The van der Waals surface area contributed by atoms with E-state index in [9.17, 15) is 9.59 Å². The number of carbonyl (C=O) groups excluding carboxylic acids is 2. The minimum absolute atomic E-state index is 0.184. The number of nitrogens with one attached hydrogen (secondary N) is 2. The molecule has 2 rings (SSSR count). The lowest BCUT2D eigenvalue weighted by Crippen LogP contribution is -2.45. The Kier molecular flexibility index (Phi) is 6.64. The van der Waals surface area contributed by atoms with Gasteiger partial charge in [0.15, 0.2) is 6.61 Å². The number of halogens is 1. The van der Waals surface area contributed by atoms with Crippen molar-refractivity contribution in [1.29, 1.82) is 0 Å². The lowest BCUT2D eigenvalue weighted by molar-refractivity contribution is -0.124. The monoisotopic (exact) mass is 374 g/mol. The summed E-state index contributed by atoms with van der Waals surface area (Å²) in [5.41, 5.74) is 0.614. The van der Waals surface area contributed by atoms with Gasteiger partial charge in [-0.2, -0.15) is 0 Å². The third kappa shape index (κ3) is 5.77. The van der Waals surface area contributed by atoms with Crippen LogP contribution in [-0.2, 0) is 4.79 Å². The molecule has 0 radical (unpaired) electrons. The fraction of sp³-hybridized carbons (Fsp3) is 0.300. The molecule has 0 saturated carbocycles. The van der Waals surface area contributed by atoms with Gasteiger partial charge in [0.2, 0.25) is 0 Å². The lowest BCUT2D eigenvalue weighted by atomic mass is 10.0. The number of carbonyl (C=O) groups is 2. The van der Waals surface area contributed by atoms with Crippen molar-refractivity contribution in [2.75, 3.05) is 11.9 Å². The van der Waals surface area contributed by atoms with Crippen LogP contribution in [0, 0.1) is 0 Å². The average Bonchev–Trinajstić information content (AvgIpc) is 2.61. The van der Waals surface area contributed by atoms with Crippen molar-refractivity contribution in [3.05, 3.63) is 59.1 Å². The fourth-order valence-corrected chi connectivity index (χ4v) is 2.34. The summed E-state index contributed by atoms with van der Waals surface area (Å²) in [4.78, 5) is 24.6. The normalized spacial score (nSPS) is 10.9. The van der Waals surface area contributed by atoms with Gasteiger partial charge in [-0.1, -0.05) is 36.7 Å². The third-order valence-electron chi connectivity index (χ3n) is 3.94. The Morgan fingerprint density at radius 1 is 1.12 bits per heavy atom. The number of ether oxygens (including phenoxy) is 1. The number of benzene rings is 2. The molecular weight excluding hydrogens is 352 g/mol. The average molecular weight is 375 g/mol. The zero-order valence-corrected chi connectivity index (χ0v) is 15.9. The Morgan fingerprint density at radius 2 is 1.81 bits per heavy atom. The van der Waals surface area contributed by atoms with E-state index >= 15 is 0 Å². The van der Waals surface area contributed by atoms with Gasteiger partial charge >= 0.3 is 0 Å². The van der Waals surface area contributed by atoms with Crippen molar-refractivity contribution in [3.63, 3.8) is 0 Å². The van der Waals surface area contributed by atoms with E-state index in [1.165, 1.54) is 6.07 Å². The third-order valence-corrected chi connectivity index (χ3v) is 4.17. The minimum atomic E-state index is -0.358. The van der Waals surface area contributed by atoms with Crippen molar-refractivity contribution in [3.8, 4) is 5.75 Å². The van der Waals surface area contributed by atoms with Crippen molar-refractivity contribution in [2.45, 2.75) is 32.7 Å². The van der Waals surface area contributed by atoms with E-state index in [-0.39, 0.29) is 29.5 Å². The van der Waals surface area contributed by atoms with Crippen LogP contribution in [0.4, 0.5) is 5.69 Å². The van der Waals surface area contributed by atoms with Crippen LogP contribution in [0.1, 0.15) is 37.6 Å². The van der Waals surface area contributed by atoms with Crippen LogP contribution in [-0.4, -0.2) is 24.0 Å². The molecule has 2 aromatic carbocycles. The number of rotatable bonds is 7. The first kappa shape index (κ1) is 19.8. The Labute approximate surface area is 158 Å². The van der Waals surface area contributed by atoms with E-state index in [1.54, 1.807) is 24.3 Å². The van der Waals surface area contributed by atoms with Crippen molar-refractivity contribution in [1.82, 2.24) is 5.32 Å². The summed E-state index contributed by atoms with van der Waals surface area (Å²) in [7, 11) is 0. The number of para-hydroxylation sites is 1. The molecule has 0 heterocycles. The Hall–Kier alpha value is -2.53. The molecule has 0 spiro atoms. The van der Waals surface area contributed by atoms with Crippen LogP contribution in [0.2, 0.25) is 5.02 Å². The molecule has 138 valence electrons. The maximum Gasteiger partial charge on any atom is 0.259 e. The van der Waals surface area contributed by atoms with E-state index in [2.05, 4.69) is 10.6 Å². The SMILES string of the molecule is CCC(C)(C)NC(=O)COc1ccc(Cl)cc1C(=O)Nc1ccccc1. The highest BCUT2D eigenvalue weighted by molar-refractivity contribution is 6.31. The van der Waals surface area contributed by atoms with Gasteiger partial charge in [0, 0.05) is 16.2 Å². The lowest BCUT2D eigenvalue weighted by Gasteiger charge is -2.24. The van der Waals surface area contributed by atoms with E-state index in [1.807, 2.05) is 39.0 Å². The van der Waals surface area contributed by atoms with Gasteiger partial charge in [-0.05, 0) is 50.6 Å². The van der Waals surface area contributed by atoms with Crippen LogP contribution < -0.4 is 15.4 Å². The van der Waals surface area contributed by atoms with Gasteiger partial charge in [0.25, 0.3) is 11.8 Å². The summed E-state index contributed by atoms with van der Waals surface area (Å²) in [6, 6.07) is 13.8. The summed E-state index contributed by atoms with van der Waals surface area (Å²) in [5.74, 6) is -0.309. The number of hydrogen-bond acceptors (Lipinski definition) is 3. The first-order chi connectivity index (χ1) is 12.3. The Bertz CT molecular complexity index is 776. The number of anilines is 1. The molecule has 5 nitrogen and oxygen atoms in total. The van der Waals surface area contributed by atoms with Crippen molar-refractivity contribution < 1.29 is 14.3 Å². The Balaban J connectivity index is 2.09. The summed E-state index contributed by atoms with van der Waals surface area (Å²) < 4.78 is 5.57. The van der Waals surface area contributed by atoms with Gasteiger partial charge in [0.05, 0.1) is 5.56 Å². The van der Waals surface area contributed by atoms with Gasteiger partial charge in [-0.15, -0.1) is 0 Å². The molecule has 0 bridgehead atoms. The molecule has 0 unspecified atom stereocenters. The molecule has 0 aliphatic heterocycles. The molecule has 0 aliphatic rings. The van der Waals surface area contributed by atoms with Gasteiger partial charge < -0.3 is 15.4 Å². The molecule has 26 heavy (non-hydrogen) atoms. The molecule has 0 fully saturated rings. The van der Waals surface area contributed by atoms with Crippen LogP contribution in [0.3, 0.4) is 0 Å². The molecule has 2 N–H and O–H groups in total. The molecule has 2 aromatic rings. The second kappa shape index (κ2) is 8.72. The highest BCUT2D eigenvalue weighted by Gasteiger charge is 2.19. The van der Waals surface area contributed by atoms with E-state index < -0.39 is 0 Å². The summed E-state index contributed by atoms with van der Waals surface area (Å²) in [6.45, 7) is 5.68. The minimum Gasteiger partial charge on any atom is -0.483 e. The molecule has 0 saturated heterocycles. The van der Waals surface area contributed by atoms with E-state index in [4.69, 9.17) is 16.3 Å². The highest BCUT2D eigenvalue weighted by Crippen LogP contribution is 2.24. The summed E-state index contributed by atoms with van der Waals surface area (Å²) >= 11 is 6.02. The quantitative estimate of drug-likeness (QED) is 0.760. The van der Waals surface area contributed by atoms with Crippen molar-refractivity contribution in [2.24, 2.45) is 0 Å². The molecule has 2 amide bonds. The predicted octanol–water partition coefficient (Wildman–Crippen LogP) is 4.28. The standard InChI is InChI=1S/C20H23ClN2O3/c1-4-20(2,3)23-18(24)13-26-17-11-10-14(21)12-16(17)19(25)22-15-8-6-5-7-9-15/h5-12H,4,13H2,1-3H3,(H,22,25)(H,23,24).